The average Bonchev–Trinajstić information content (AvgIpc) is 3.26. The van der Waals surface area contributed by atoms with Gasteiger partial charge in [-0.15, -0.1) is 0 Å². The maximum atomic E-state index is 12.5. The molecule has 0 fully saturated rings. The number of oxazole rings is 1. The van der Waals surface area contributed by atoms with Crippen LogP contribution in [0.15, 0.2) is 51.0 Å². The molecule has 0 aliphatic heterocycles. The van der Waals surface area contributed by atoms with E-state index in [1.165, 1.54) is 24.5 Å². The Morgan fingerprint density at radius 1 is 1.13 bits per heavy atom. The van der Waals surface area contributed by atoms with E-state index in [1.807, 2.05) is 18.4 Å². The summed E-state index contributed by atoms with van der Waals surface area (Å²) in [7, 11) is -3.75. The Balaban J connectivity index is 1.39. The van der Waals surface area contributed by atoms with Gasteiger partial charge in [-0.1, -0.05) is 0 Å². The molecule has 0 aliphatic rings. The first-order valence-corrected chi connectivity index (χ1v) is 10.5. The minimum atomic E-state index is -3.75. The molecular formula is C18H19N7O4S. The fraction of sp³-hybridized carbons (Fsp3) is 0.222. The van der Waals surface area contributed by atoms with E-state index < -0.39 is 15.8 Å². The number of nitrogens with zero attached hydrogens (tertiary/aromatic N) is 4. The van der Waals surface area contributed by atoms with Crippen molar-refractivity contribution in [2.75, 3.05) is 18.4 Å². The minimum absolute atomic E-state index is 0.0299. The highest BCUT2D eigenvalue weighted by molar-refractivity contribution is 7.89. The molecule has 0 aliphatic carbocycles. The third kappa shape index (κ3) is 3.95. The van der Waals surface area contributed by atoms with Crippen molar-refractivity contribution in [3.63, 3.8) is 0 Å². The van der Waals surface area contributed by atoms with Gasteiger partial charge in [-0.2, -0.15) is 0 Å². The molecule has 0 spiro atoms. The van der Waals surface area contributed by atoms with E-state index in [-0.39, 0.29) is 11.4 Å². The van der Waals surface area contributed by atoms with Crippen molar-refractivity contribution in [3.8, 4) is 5.82 Å². The molecule has 0 amide bonds. The topological polar surface area (TPSA) is 148 Å². The lowest BCUT2D eigenvalue weighted by Crippen LogP contribution is -2.29. The van der Waals surface area contributed by atoms with Gasteiger partial charge < -0.3 is 9.73 Å². The molecular weight excluding hydrogens is 410 g/mol. The van der Waals surface area contributed by atoms with Crippen LogP contribution in [0.25, 0.3) is 16.9 Å². The number of anilines is 1. The molecule has 3 aromatic heterocycles. The van der Waals surface area contributed by atoms with Gasteiger partial charge >= 0.3 is 5.76 Å². The number of fused-ring (bicyclic) bond motifs is 1. The Labute approximate surface area is 171 Å². The summed E-state index contributed by atoms with van der Waals surface area (Å²) in [6.45, 7) is 4.30. The Bertz CT molecular complexity index is 1370. The second kappa shape index (κ2) is 7.72. The van der Waals surface area contributed by atoms with Crippen molar-refractivity contribution in [1.29, 1.82) is 0 Å². The molecule has 156 valence electrons. The summed E-state index contributed by atoms with van der Waals surface area (Å²) in [6, 6.07) is 5.91. The molecule has 12 heteroatoms. The van der Waals surface area contributed by atoms with Gasteiger partial charge in [0.15, 0.2) is 5.58 Å². The number of H-pyrrole nitrogens is 1. The highest BCUT2D eigenvalue weighted by Gasteiger charge is 2.15. The van der Waals surface area contributed by atoms with Crippen molar-refractivity contribution in [1.82, 2.24) is 29.2 Å². The number of hydrogen-bond acceptors (Lipinski definition) is 8. The zero-order valence-electron chi connectivity index (χ0n) is 16.2. The molecule has 11 nitrogen and oxygen atoms in total. The molecule has 4 aromatic rings. The van der Waals surface area contributed by atoms with E-state index in [4.69, 9.17) is 4.42 Å². The van der Waals surface area contributed by atoms with Crippen molar-refractivity contribution < 1.29 is 12.8 Å². The first kappa shape index (κ1) is 19.8. The van der Waals surface area contributed by atoms with E-state index in [9.17, 15) is 13.2 Å². The number of sulfonamides is 1. The first-order chi connectivity index (χ1) is 14.3. The summed E-state index contributed by atoms with van der Waals surface area (Å²) in [5.74, 6) is 0.581. The minimum Gasteiger partial charge on any atom is -0.408 e. The lowest BCUT2D eigenvalue weighted by molar-refractivity contribution is 0.555. The van der Waals surface area contributed by atoms with E-state index in [2.05, 4.69) is 30.0 Å². The molecule has 0 radical (unpaired) electrons. The van der Waals surface area contributed by atoms with Crippen molar-refractivity contribution in [2.45, 2.75) is 18.7 Å². The van der Waals surface area contributed by atoms with Crippen LogP contribution in [-0.4, -0.2) is 46.0 Å². The van der Waals surface area contributed by atoms with E-state index >= 15 is 0 Å². The molecule has 3 N–H and O–H groups in total. The van der Waals surface area contributed by atoms with Gasteiger partial charge in [0.1, 0.15) is 24.3 Å². The van der Waals surface area contributed by atoms with Gasteiger partial charge in [-0.3, -0.25) is 9.55 Å². The molecule has 0 saturated carbocycles. The number of rotatable bonds is 7. The molecule has 3 heterocycles. The highest BCUT2D eigenvalue weighted by atomic mass is 32.2. The monoisotopic (exact) mass is 429 g/mol. The van der Waals surface area contributed by atoms with Crippen molar-refractivity contribution in [3.05, 3.63) is 58.9 Å². The quantitative estimate of drug-likeness (QED) is 0.370. The predicted octanol–water partition coefficient (Wildman–Crippen LogP) is 1.10. The number of nitrogens with one attached hydrogen (secondary N) is 3. The predicted molar refractivity (Wildman–Crippen MR) is 109 cm³/mol. The molecule has 0 atom stereocenters. The molecule has 0 bridgehead atoms. The normalized spacial score (nSPS) is 11.8. The lowest BCUT2D eigenvalue weighted by Gasteiger charge is -2.10. The molecule has 0 unspecified atom stereocenters. The number of imidazole rings is 1. The standard InChI is InChI=1S/C18H19N7O4S/c1-11-12(2)25(10-22-11)17-8-16(20-9-21-17)19-5-6-23-30(27,28)13-3-4-15-14(7-13)24-18(26)29-15/h3-4,7-10,23H,5-6H2,1-2H3,(H,24,26)(H,19,20,21). The lowest BCUT2D eigenvalue weighted by atomic mass is 10.3. The third-order valence-electron chi connectivity index (χ3n) is 4.58. The van der Waals surface area contributed by atoms with E-state index in [0.717, 1.165) is 11.4 Å². The molecule has 30 heavy (non-hydrogen) atoms. The van der Waals surface area contributed by atoms with Crippen LogP contribution >= 0.6 is 0 Å². The number of hydrogen-bond donors (Lipinski definition) is 3. The summed E-state index contributed by atoms with van der Waals surface area (Å²) in [5, 5.41) is 3.06. The fourth-order valence-corrected chi connectivity index (χ4v) is 3.92. The van der Waals surface area contributed by atoms with Crippen LogP contribution in [-0.2, 0) is 10.0 Å². The van der Waals surface area contributed by atoms with E-state index in [1.54, 1.807) is 12.4 Å². The van der Waals surface area contributed by atoms with Crippen molar-refractivity contribution >= 4 is 26.9 Å². The highest BCUT2D eigenvalue weighted by Crippen LogP contribution is 2.16. The van der Waals surface area contributed by atoms with Gasteiger partial charge in [0, 0.05) is 24.8 Å². The summed E-state index contributed by atoms with van der Waals surface area (Å²) in [5.41, 5.74) is 2.50. The maximum Gasteiger partial charge on any atom is 0.417 e. The van der Waals surface area contributed by atoms with Crippen molar-refractivity contribution in [2.24, 2.45) is 0 Å². The Kier molecular flexibility index (Phi) is 5.10. The Morgan fingerprint density at radius 3 is 2.73 bits per heavy atom. The van der Waals surface area contributed by atoms with Gasteiger partial charge in [0.25, 0.3) is 0 Å². The number of aromatic amines is 1. The van der Waals surface area contributed by atoms with Gasteiger partial charge in [-0.05, 0) is 32.0 Å². The van der Waals surface area contributed by atoms with Crippen LogP contribution in [0.2, 0.25) is 0 Å². The van der Waals surface area contributed by atoms with Gasteiger partial charge in [0.05, 0.1) is 16.1 Å². The van der Waals surface area contributed by atoms with Crippen LogP contribution in [0.4, 0.5) is 5.82 Å². The van der Waals surface area contributed by atoms with Crippen LogP contribution in [0.1, 0.15) is 11.4 Å². The van der Waals surface area contributed by atoms with Gasteiger partial charge in [-0.25, -0.2) is 32.9 Å². The fourth-order valence-electron chi connectivity index (χ4n) is 2.86. The largest absolute Gasteiger partial charge is 0.417 e. The smallest absolute Gasteiger partial charge is 0.408 e. The van der Waals surface area contributed by atoms with Crippen LogP contribution in [0.5, 0.6) is 0 Å². The maximum absolute atomic E-state index is 12.5. The SMILES string of the molecule is Cc1ncn(-c2cc(NCCNS(=O)(=O)c3ccc4oc(=O)[nH]c4c3)ncn2)c1C. The Hall–Kier alpha value is -3.51. The average molecular weight is 429 g/mol. The third-order valence-corrected chi connectivity index (χ3v) is 6.03. The second-order valence-electron chi connectivity index (χ2n) is 6.54. The summed E-state index contributed by atoms with van der Waals surface area (Å²) in [6.07, 6.45) is 3.12. The number of benzene rings is 1. The molecule has 0 saturated heterocycles. The second-order valence-corrected chi connectivity index (χ2v) is 8.31. The zero-order chi connectivity index (χ0) is 21.3. The summed E-state index contributed by atoms with van der Waals surface area (Å²) >= 11 is 0. The summed E-state index contributed by atoms with van der Waals surface area (Å²) < 4.78 is 34.2. The van der Waals surface area contributed by atoms with Crippen LogP contribution in [0, 0.1) is 13.8 Å². The molecule has 4 rings (SSSR count). The van der Waals surface area contributed by atoms with Crippen LogP contribution < -0.4 is 15.8 Å². The number of aromatic nitrogens is 5. The molecule has 1 aromatic carbocycles. The number of aryl methyl sites for hydroxylation is 1. The van der Waals surface area contributed by atoms with E-state index in [0.29, 0.717) is 29.3 Å². The first-order valence-electron chi connectivity index (χ1n) is 9.03. The van der Waals surface area contributed by atoms with Crippen LogP contribution in [0.3, 0.4) is 0 Å². The summed E-state index contributed by atoms with van der Waals surface area (Å²) in [4.78, 5) is 26.3. The zero-order valence-corrected chi connectivity index (χ0v) is 17.0. The Morgan fingerprint density at radius 2 is 1.97 bits per heavy atom. The van der Waals surface area contributed by atoms with Gasteiger partial charge in [0.2, 0.25) is 10.0 Å².